The minimum Gasteiger partial charge on any atom is -0.459 e. The first-order valence-corrected chi connectivity index (χ1v) is 11.7. The fourth-order valence-corrected chi connectivity index (χ4v) is 4.70. The molecule has 0 aliphatic heterocycles. The lowest BCUT2D eigenvalue weighted by atomic mass is 10.00. The van der Waals surface area contributed by atoms with Gasteiger partial charge in [0.25, 0.3) is 5.91 Å². The summed E-state index contributed by atoms with van der Waals surface area (Å²) in [6, 6.07) is 17.6. The van der Waals surface area contributed by atoms with E-state index in [9.17, 15) is 13.2 Å². The van der Waals surface area contributed by atoms with Gasteiger partial charge in [-0.05, 0) is 48.6 Å². The molecule has 1 amide bonds. The van der Waals surface area contributed by atoms with Crippen molar-refractivity contribution in [3.05, 3.63) is 89.4 Å². The maximum atomic E-state index is 12.7. The highest BCUT2D eigenvalue weighted by molar-refractivity contribution is 7.90. The van der Waals surface area contributed by atoms with Crippen molar-refractivity contribution < 1.29 is 17.6 Å². The smallest absolute Gasteiger partial charge is 0.287 e. The number of nitrogens with one attached hydrogen (secondary N) is 1. The Morgan fingerprint density at radius 3 is 2.27 bits per heavy atom. The normalized spacial score (nSPS) is 12.7. The number of benzene rings is 2. The number of carbonyl (C=O) groups excluding carboxylic acids is 1. The fourth-order valence-electron chi connectivity index (χ4n) is 3.32. The Hall–Kier alpha value is -2.86. The Morgan fingerprint density at radius 2 is 1.63 bits per heavy atom. The molecule has 5 nitrogen and oxygen atoms in total. The van der Waals surface area contributed by atoms with E-state index in [0.717, 1.165) is 12.0 Å². The molecule has 158 valence electrons. The molecule has 1 atom stereocenters. The van der Waals surface area contributed by atoms with Crippen molar-refractivity contribution in [2.45, 2.75) is 43.9 Å². The summed E-state index contributed by atoms with van der Waals surface area (Å²) in [5.41, 5.74) is 2.57. The quantitative estimate of drug-likeness (QED) is 0.554. The Balaban J connectivity index is 1.70. The van der Waals surface area contributed by atoms with Crippen molar-refractivity contribution >= 4 is 15.7 Å². The molecular formula is C24H27NO4S. The summed E-state index contributed by atoms with van der Waals surface area (Å²) in [6.45, 7) is 6.24. The molecule has 0 bridgehead atoms. The SMILES string of the molecule is CC(C)Cc1ccc(C(C)NC(=O)c2occc2CS(=O)(=O)c2ccccc2)cc1. The molecule has 0 aliphatic rings. The van der Waals surface area contributed by atoms with E-state index in [4.69, 9.17) is 4.42 Å². The lowest BCUT2D eigenvalue weighted by molar-refractivity contribution is 0.0911. The van der Waals surface area contributed by atoms with Gasteiger partial charge < -0.3 is 9.73 Å². The molecule has 0 fully saturated rings. The second-order valence-corrected chi connectivity index (χ2v) is 9.87. The van der Waals surface area contributed by atoms with Crippen LogP contribution >= 0.6 is 0 Å². The summed E-state index contributed by atoms with van der Waals surface area (Å²) in [5.74, 6) is -0.124. The van der Waals surface area contributed by atoms with Crippen LogP contribution in [0.4, 0.5) is 0 Å². The summed E-state index contributed by atoms with van der Waals surface area (Å²) < 4.78 is 30.6. The molecule has 3 aromatic rings. The van der Waals surface area contributed by atoms with E-state index in [1.807, 2.05) is 19.1 Å². The molecule has 1 N–H and O–H groups in total. The predicted octanol–water partition coefficient (Wildman–Crippen LogP) is 4.94. The first kappa shape index (κ1) is 21.8. The van der Waals surface area contributed by atoms with Crippen molar-refractivity contribution in [2.24, 2.45) is 5.92 Å². The van der Waals surface area contributed by atoms with Gasteiger partial charge in [0.1, 0.15) is 0 Å². The second-order valence-electron chi connectivity index (χ2n) is 7.88. The molecule has 0 radical (unpaired) electrons. The van der Waals surface area contributed by atoms with Gasteiger partial charge in [0.05, 0.1) is 23.0 Å². The van der Waals surface area contributed by atoms with E-state index >= 15 is 0 Å². The molecule has 3 rings (SSSR count). The molecule has 1 heterocycles. The van der Waals surface area contributed by atoms with Gasteiger partial charge in [-0.2, -0.15) is 0 Å². The molecule has 0 saturated carbocycles. The average molecular weight is 426 g/mol. The first-order valence-electron chi connectivity index (χ1n) is 10.00. The highest BCUT2D eigenvalue weighted by Crippen LogP contribution is 2.21. The Labute approximate surface area is 178 Å². The van der Waals surface area contributed by atoms with E-state index in [0.29, 0.717) is 11.5 Å². The monoisotopic (exact) mass is 425 g/mol. The highest BCUT2D eigenvalue weighted by Gasteiger charge is 2.23. The first-order chi connectivity index (χ1) is 14.3. The zero-order chi connectivity index (χ0) is 21.7. The van der Waals surface area contributed by atoms with Gasteiger partial charge in [-0.15, -0.1) is 0 Å². The van der Waals surface area contributed by atoms with Crippen molar-refractivity contribution in [2.75, 3.05) is 0 Å². The van der Waals surface area contributed by atoms with Crippen molar-refractivity contribution in [3.63, 3.8) is 0 Å². The molecule has 30 heavy (non-hydrogen) atoms. The number of carbonyl (C=O) groups is 1. The third-order valence-corrected chi connectivity index (χ3v) is 6.55. The highest BCUT2D eigenvalue weighted by atomic mass is 32.2. The Bertz CT molecular complexity index is 1080. The lowest BCUT2D eigenvalue weighted by Gasteiger charge is -2.15. The molecule has 0 spiro atoms. The third-order valence-electron chi connectivity index (χ3n) is 4.87. The number of furan rings is 1. The number of hydrogen-bond acceptors (Lipinski definition) is 4. The van der Waals surface area contributed by atoms with Crippen LogP contribution in [0.25, 0.3) is 0 Å². The van der Waals surface area contributed by atoms with E-state index in [-0.39, 0.29) is 22.5 Å². The zero-order valence-corrected chi connectivity index (χ0v) is 18.3. The van der Waals surface area contributed by atoms with Gasteiger partial charge in [-0.1, -0.05) is 56.3 Å². The van der Waals surface area contributed by atoms with Crippen LogP contribution in [-0.2, 0) is 22.0 Å². The molecule has 1 unspecified atom stereocenters. The van der Waals surface area contributed by atoms with Gasteiger partial charge in [0, 0.05) is 5.56 Å². The molecule has 1 aromatic heterocycles. The molecule has 0 aliphatic carbocycles. The van der Waals surface area contributed by atoms with Crippen LogP contribution in [0.5, 0.6) is 0 Å². The number of hydrogen-bond donors (Lipinski definition) is 1. The van der Waals surface area contributed by atoms with Gasteiger partial charge in [0.2, 0.25) is 0 Å². The Morgan fingerprint density at radius 1 is 0.967 bits per heavy atom. The Kier molecular flexibility index (Phi) is 6.77. The van der Waals surface area contributed by atoms with Crippen molar-refractivity contribution in [1.29, 1.82) is 0 Å². The van der Waals surface area contributed by atoms with E-state index in [1.54, 1.807) is 30.3 Å². The average Bonchev–Trinajstić information content (AvgIpc) is 3.16. The van der Waals surface area contributed by atoms with Crippen molar-refractivity contribution in [3.8, 4) is 0 Å². The van der Waals surface area contributed by atoms with Crippen LogP contribution in [0.3, 0.4) is 0 Å². The van der Waals surface area contributed by atoms with Crippen molar-refractivity contribution in [1.82, 2.24) is 5.32 Å². The lowest BCUT2D eigenvalue weighted by Crippen LogP contribution is -2.27. The van der Waals surface area contributed by atoms with E-state index < -0.39 is 15.7 Å². The van der Waals surface area contributed by atoms with Crippen LogP contribution in [0.2, 0.25) is 0 Å². The van der Waals surface area contributed by atoms with Crippen LogP contribution in [0.15, 0.2) is 76.2 Å². The van der Waals surface area contributed by atoms with Gasteiger partial charge in [-0.25, -0.2) is 8.42 Å². The maximum Gasteiger partial charge on any atom is 0.287 e. The van der Waals surface area contributed by atoms with Crippen LogP contribution in [0, 0.1) is 5.92 Å². The summed E-state index contributed by atoms with van der Waals surface area (Å²) in [7, 11) is -3.57. The summed E-state index contributed by atoms with van der Waals surface area (Å²) in [5, 5.41) is 2.90. The minimum absolute atomic E-state index is 0.0257. The molecule has 0 saturated heterocycles. The van der Waals surface area contributed by atoms with E-state index in [2.05, 4.69) is 31.3 Å². The zero-order valence-electron chi connectivity index (χ0n) is 17.5. The summed E-state index contributed by atoms with van der Waals surface area (Å²) >= 11 is 0. The van der Waals surface area contributed by atoms with Gasteiger partial charge >= 0.3 is 0 Å². The minimum atomic E-state index is -3.57. The number of sulfone groups is 1. The fraction of sp³-hybridized carbons (Fsp3) is 0.292. The van der Waals surface area contributed by atoms with Crippen LogP contribution in [-0.4, -0.2) is 14.3 Å². The van der Waals surface area contributed by atoms with E-state index in [1.165, 1.54) is 17.9 Å². The van der Waals surface area contributed by atoms with Gasteiger partial charge in [0.15, 0.2) is 15.6 Å². The summed E-state index contributed by atoms with van der Waals surface area (Å²) in [6.07, 6.45) is 2.35. The number of rotatable bonds is 8. The molecular weight excluding hydrogens is 398 g/mol. The molecule has 6 heteroatoms. The third kappa shape index (κ3) is 5.39. The van der Waals surface area contributed by atoms with Crippen LogP contribution in [0.1, 0.15) is 54.1 Å². The summed E-state index contributed by atoms with van der Waals surface area (Å²) in [4.78, 5) is 13.0. The number of amides is 1. The topological polar surface area (TPSA) is 76.4 Å². The standard InChI is InChI=1S/C24H27NO4S/c1-17(2)15-19-9-11-20(12-10-19)18(3)25-24(26)23-21(13-14-29-23)16-30(27,28)22-7-5-4-6-8-22/h4-14,17-18H,15-16H2,1-3H3,(H,25,26). The van der Waals surface area contributed by atoms with Crippen LogP contribution < -0.4 is 5.32 Å². The molecule has 2 aromatic carbocycles. The second kappa shape index (κ2) is 9.30. The maximum absolute atomic E-state index is 12.7. The van der Waals surface area contributed by atoms with Gasteiger partial charge in [-0.3, -0.25) is 4.79 Å². The largest absolute Gasteiger partial charge is 0.459 e. The predicted molar refractivity (Wildman–Crippen MR) is 117 cm³/mol.